The standard InChI is InChI=1S/C10H15NO3/c1-4-8-10(13)11(5-6-14-8)9(12)7(2)3/h8H,2,4-6H2,1,3H3. The largest absolute Gasteiger partial charge is 0.367 e. The van der Waals surface area contributed by atoms with Crippen molar-refractivity contribution in [2.75, 3.05) is 13.2 Å². The number of morpholine rings is 1. The van der Waals surface area contributed by atoms with E-state index in [1.165, 1.54) is 4.90 Å². The highest BCUT2D eigenvalue weighted by Crippen LogP contribution is 2.12. The molecule has 0 radical (unpaired) electrons. The number of nitrogens with zero attached hydrogens (tertiary/aromatic N) is 1. The van der Waals surface area contributed by atoms with Crippen molar-refractivity contribution in [2.45, 2.75) is 26.4 Å². The number of carbonyl (C=O) groups is 2. The predicted molar refractivity (Wildman–Crippen MR) is 51.6 cm³/mol. The minimum Gasteiger partial charge on any atom is -0.367 e. The van der Waals surface area contributed by atoms with Crippen molar-refractivity contribution in [1.82, 2.24) is 4.90 Å². The molecule has 0 N–H and O–H groups in total. The molecular formula is C10H15NO3. The van der Waals surface area contributed by atoms with Crippen molar-refractivity contribution in [3.63, 3.8) is 0 Å². The van der Waals surface area contributed by atoms with Gasteiger partial charge in [0, 0.05) is 5.57 Å². The summed E-state index contributed by atoms with van der Waals surface area (Å²) in [6.07, 6.45) is 0.130. The molecule has 1 rings (SSSR count). The summed E-state index contributed by atoms with van der Waals surface area (Å²) < 4.78 is 5.23. The van der Waals surface area contributed by atoms with Crippen LogP contribution in [0.3, 0.4) is 0 Å². The maximum Gasteiger partial charge on any atom is 0.258 e. The van der Waals surface area contributed by atoms with Gasteiger partial charge in [-0.1, -0.05) is 13.5 Å². The van der Waals surface area contributed by atoms with Gasteiger partial charge in [0.1, 0.15) is 6.10 Å². The van der Waals surface area contributed by atoms with Gasteiger partial charge in [-0.3, -0.25) is 14.5 Å². The first-order valence-corrected chi connectivity index (χ1v) is 4.70. The van der Waals surface area contributed by atoms with E-state index in [1.807, 2.05) is 6.92 Å². The minimum absolute atomic E-state index is 0.244. The van der Waals surface area contributed by atoms with Gasteiger partial charge >= 0.3 is 0 Å². The van der Waals surface area contributed by atoms with Crippen LogP contribution in [-0.4, -0.2) is 36.0 Å². The SMILES string of the molecule is C=C(C)C(=O)N1CCOC(CC)C1=O. The maximum atomic E-state index is 11.6. The van der Waals surface area contributed by atoms with Gasteiger partial charge in [0.05, 0.1) is 13.2 Å². The summed E-state index contributed by atoms with van der Waals surface area (Å²) in [5.41, 5.74) is 0.384. The number of hydrogen-bond donors (Lipinski definition) is 0. The Kier molecular flexibility index (Phi) is 3.41. The van der Waals surface area contributed by atoms with Gasteiger partial charge in [-0.2, -0.15) is 0 Å². The van der Waals surface area contributed by atoms with Crippen molar-refractivity contribution >= 4 is 11.8 Å². The molecule has 1 aliphatic rings. The fourth-order valence-corrected chi connectivity index (χ4v) is 1.37. The molecule has 0 aromatic carbocycles. The molecule has 14 heavy (non-hydrogen) atoms. The number of rotatable bonds is 2. The third-order valence-electron chi connectivity index (χ3n) is 2.16. The van der Waals surface area contributed by atoms with Crippen molar-refractivity contribution in [1.29, 1.82) is 0 Å². The minimum atomic E-state index is -0.466. The van der Waals surface area contributed by atoms with Crippen LogP contribution in [0.2, 0.25) is 0 Å². The van der Waals surface area contributed by atoms with E-state index in [0.29, 0.717) is 25.1 Å². The number of carbonyl (C=O) groups excluding carboxylic acids is 2. The maximum absolute atomic E-state index is 11.6. The van der Waals surface area contributed by atoms with Crippen molar-refractivity contribution in [3.05, 3.63) is 12.2 Å². The smallest absolute Gasteiger partial charge is 0.258 e. The van der Waals surface area contributed by atoms with E-state index in [4.69, 9.17) is 4.74 Å². The molecule has 0 bridgehead atoms. The molecule has 0 aromatic rings. The Morgan fingerprint density at radius 1 is 1.71 bits per heavy atom. The fourth-order valence-electron chi connectivity index (χ4n) is 1.37. The van der Waals surface area contributed by atoms with Crippen LogP contribution in [0.5, 0.6) is 0 Å². The third kappa shape index (κ3) is 2.01. The summed E-state index contributed by atoms with van der Waals surface area (Å²) in [5.74, 6) is -0.538. The molecule has 0 aliphatic carbocycles. The highest BCUT2D eigenvalue weighted by molar-refractivity contribution is 6.05. The van der Waals surface area contributed by atoms with Crippen LogP contribution < -0.4 is 0 Å². The molecule has 1 aliphatic heterocycles. The second-order valence-electron chi connectivity index (χ2n) is 3.34. The van der Waals surface area contributed by atoms with Crippen molar-refractivity contribution < 1.29 is 14.3 Å². The summed E-state index contributed by atoms with van der Waals surface area (Å²) >= 11 is 0. The number of ether oxygens (including phenoxy) is 1. The monoisotopic (exact) mass is 197 g/mol. The van der Waals surface area contributed by atoms with E-state index < -0.39 is 6.10 Å². The number of amides is 2. The molecule has 1 fully saturated rings. The average Bonchev–Trinajstić information content (AvgIpc) is 2.17. The molecular weight excluding hydrogens is 182 g/mol. The fraction of sp³-hybridized carbons (Fsp3) is 0.600. The van der Waals surface area contributed by atoms with Gasteiger partial charge in [0.25, 0.3) is 11.8 Å². The zero-order chi connectivity index (χ0) is 10.7. The van der Waals surface area contributed by atoms with E-state index in [1.54, 1.807) is 6.92 Å². The van der Waals surface area contributed by atoms with Gasteiger partial charge in [-0.25, -0.2) is 0 Å². The van der Waals surface area contributed by atoms with E-state index in [2.05, 4.69) is 6.58 Å². The van der Waals surface area contributed by atoms with Crippen LogP contribution in [0.4, 0.5) is 0 Å². The van der Waals surface area contributed by atoms with E-state index in [0.717, 1.165) is 0 Å². The highest BCUT2D eigenvalue weighted by Gasteiger charge is 2.32. The van der Waals surface area contributed by atoms with E-state index in [-0.39, 0.29) is 11.8 Å². The highest BCUT2D eigenvalue weighted by atomic mass is 16.5. The first kappa shape index (κ1) is 10.9. The van der Waals surface area contributed by atoms with Gasteiger partial charge in [-0.05, 0) is 13.3 Å². The van der Waals surface area contributed by atoms with Gasteiger partial charge in [-0.15, -0.1) is 0 Å². The molecule has 4 nitrogen and oxygen atoms in total. The Morgan fingerprint density at radius 2 is 2.36 bits per heavy atom. The first-order chi connectivity index (χ1) is 6.57. The predicted octanol–water partition coefficient (Wildman–Crippen LogP) is 0.726. The van der Waals surface area contributed by atoms with Gasteiger partial charge < -0.3 is 4.74 Å². The lowest BCUT2D eigenvalue weighted by Crippen LogP contribution is -2.50. The summed E-state index contributed by atoms with van der Waals surface area (Å²) in [6.45, 7) is 7.75. The van der Waals surface area contributed by atoms with Crippen LogP contribution in [0.25, 0.3) is 0 Å². The molecule has 0 aromatic heterocycles. The molecule has 1 unspecified atom stereocenters. The lowest BCUT2D eigenvalue weighted by molar-refractivity contribution is -0.159. The quantitative estimate of drug-likeness (QED) is 0.613. The molecule has 78 valence electrons. The van der Waals surface area contributed by atoms with Crippen molar-refractivity contribution in [2.24, 2.45) is 0 Å². The van der Waals surface area contributed by atoms with E-state index >= 15 is 0 Å². The molecule has 4 heteroatoms. The topological polar surface area (TPSA) is 46.6 Å². The summed E-state index contributed by atoms with van der Waals surface area (Å²) in [5, 5.41) is 0. The zero-order valence-electron chi connectivity index (χ0n) is 8.58. The van der Waals surface area contributed by atoms with Crippen LogP contribution in [0.1, 0.15) is 20.3 Å². The molecule has 1 saturated heterocycles. The second kappa shape index (κ2) is 4.37. The summed E-state index contributed by atoms with van der Waals surface area (Å²) in [4.78, 5) is 24.4. The summed E-state index contributed by atoms with van der Waals surface area (Å²) in [6, 6.07) is 0. The number of hydrogen-bond acceptors (Lipinski definition) is 3. The molecule has 0 spiro atoms. The average molecular weight is 197 g/mol. The molecule has 0 saturated carbocycles. The first-order valence-electron chi connectivity index (χ1n) is 4.70. The van der Waals surface area contributed by atoms with Crippen LogP contribution >= 0.6 is 0 Å². The Bertz CT molecular complexity index is 273. The van der Waals surface area contributed by atoms with Gasteiger partial charge in [0.15, 0.2) is 0 Å². The summed E-state index contributed by atoms with van der Waals surface area (Å²) in [7, 11) is 0. The molecule has 1 heterocycles. The number of imide groups is 1. The van der Waals surface area contributed by atoms with Crippen LogP contribution in [-0.2, 0) is 14.3 Å². The Labute approximate surface area is 83.5 Å². The Balaban J connectivity index is 2.74. The lowest BCUT2D eigenvalue weighted by Gasteiger charge is -2.30. The van der Waals surface area contributed by atoms with Gasteiger partial charge in [0.2, 0.25) is 0 Å². The third-order valence-corrected chi connectivity index (χ3v) is 2.16. The zero-order valence-corrected chi connectivity index (χ0v) is 8.58. The Hall–Kier alpha value is -1.16. The molecule has 2 amide bonds. The molecule has 1 atom stereocenters. The second-order valence-corrected chi connectivity index (χ2v) is 3.34. The lowest BCUT2D eigenvalue weighted by atomic mass is 10.2. The van der Waals surface area contributed by atoms with E-state index in [9.17, 15) is 9.59 Å². The Morgan fingerprint density at radius 3 is 2.86 bits per heavy atom. The van der Waals surface area contributed by atoms with Crippen LogP contribution in [0, 0.1) is 0 Å². The van der Waals surface area contributed by atoms with Crippen molar-refractivity contribution in [3.8, 4) is 0 Å². The van der Waals surface area contributed by atoms with Crippen LogP contribution in [0.15, 0.2) is 12.2 Å². The normalized spacial score (nSPS) is 22.3.